The Bertz CT molecular complexity index is 826. The minimum Gasteiger partial charge on any atom is -0.371 e. The monoisotopic (exact) mass is 401 g/mol. The van der Waals surface area contributed by atoms with Crippen molar-refractivity contribution in [3.8, 4) is 0 Å². The highest BCUT2D eigenvalue weighted by Crippen LogP contribution is 2.23. The van der Waals surface area contributed by atoms with Crippen molar-refractivity contribution in [2.24, 2.45) is 0 Å². The van der Waals surface area contributed by atoms with Crippen molar-refractivity contribution < 1.29 is 14.3 Å². The van der Waals surface area contributed by atoms with Crippen LogP contribution in [0.25, 0.3) is 0 Å². The number of hydrogen-bond donors (Lipinski definition) is 2. The molecule has 1 aliphatic rings. The van der Waals surface area contributed by atoms with Crippen LogP contribution in [-0.2, 0) is 9.53 Å². The van der Waals surface area contributed by atoms with E-state index in [4.69, 9.17) is 16.3 Å². The van der Waals surface area contributed by atoms with E-state index in [1.54, 1.807) is 24.3 Å². The number of anilines is 1. The minimum atomic E-state index is -0.155. The van der Waals surface area contributed by atoms with Crippen molar-refractivity contribution in [2.75, 3.05) is 38.1 Å². The lowest BCUT2D eigenvalue weighted by Gasteiger charge is -2.32. The molecular weight excluding hydrogens is 378 g/mol. The van der Waals surface area contributed by atoms with Crippen LogP contribution >= 0.6 is 11.6 Å². The van der Waals surface area contributed by atoms with Crippen LogP contribution in [0.2, 0.25) is 5.02 Å². The van der Waals surface area contributed by atoms with Crippen molar-refractivity contribution in [3.63, 3.8) is 0 Å². The van der Waals surface area contributed by atoms with Crippen LogP contribution in [-0.4, -0.2) is 49.5 Å². The molecule has 0 aliphatic carbocycles. The summed E-state index contributed by atoms with van der Waals surface area (Å²) >= 11 is 5.94. The van der Waals surface area contributed by atoms with E-state index in [1.165, 1.54) is 0 Å². The molecule has 0 spiro atoms. The summed E-state index contributed by atoms with van der Waals surface area (Å²) in [5, 5.41) is 6.31. The minimum absolute atomic E-state index is 0.0834. The fourth-order valence-corrected chi connectivity index (χ4v) is 3.26. The number of ether oxygens (including phenoxy) is 1. The molecule has 0 bridgehead atoms. The van der Waals surface area contributed by atoms with E-state index in [2.05, 4.69) is 15.5 Å². The first kappa shape index (κ1) is 20.3. The molecule has 3 rings (SSSR count). The second-order valence-electron chi connectivity index (χ2n) is 6.63. The Morgan fingerprint density at radius 2 is 2.00 bits per heavy atom. The molecule has 6 nitrogen and oxygen atoms in total. The van der Waals surface area contributed by atoms with Gasteiger partial charge in [-0.3, -0.25) is 14.5 Å². The molecule has 1 saturated heterocycles. The normalized spacial score (nSPS) is 17.1. The van der Waals surface area contributed by atoms with Crippen molar-refractivity contribution in [2.45, 2.75) is 13.0 Å². The lowest BCUT2D eigenvalue weighted by molar-refractivity contribution is -0.119. The van der Waals surface area contributed by atoms with Gasteiger partial charge in [-0.15, -0.1) is 0 Å². The van der Waals surface area contributed by atoms with E-state index in [1.807, 2.05) is 31.2 Å². The average molecular weight is 402 g/mol. The number of carbonyl (C=O) groups excluding carboxylic acids is 2. The van der Waals surface area contributed by atoms with Gasteiger partial charge in [0.25, 0.3) is 5.91 Å². The average Bonchev–Trinajstić information content (AvgIpc) is 2.69. The van der Waals surface area contributed by atoms with E-state index < -0.39 is 0 Å². The summed E-state index contributed by atoms with van der Waals surface area (Å²) in [6, 6.07) is 14.5. The topological polar surface area (TPSA) is 70.7 Å². The highest BCUT2D eigenvalue weighted by Gasteiger charge is 2.23. The Morgan fingerprint density at radius 3 is 2.75 bits per heavy atom. The van der Waals surface area contributed by atoms with Gasteiger partial charge in [0.1, 0.15) is 0 Å². The molecule has 0 radical (unpaired) electrons. The van der Waals surface area contributed by atoms with Gasteiger partial charge in [0.2, 0.25) is 5.91 Å². The van der Waals surface area contributed by atoms with E-state index >= 15 is 0 Å². The van der Waals surface area contributed by atoms with Crippen LogP contribution in [0, 0.1) is 0 Å². The van der Waals surface area contributed by atoms with Gasteiger partial charge >= 0.3 is 0 Å². The number of morpholine rings is 1. The third-order valence-electron chi connectivity index (χ3n) is 4.51. The molecule has 0 saturated carbocycles. The number of hydrogen-bond acceptors (Lipinski definition) is 4. The van der Waals surface area contributed by atoms with Gasteiger partial charge in [0.05, 0.1) is 19.3 Å². The number of nitrogens with one attached hydrogen (secondary N) is 2. The van der Waals surface area contributed by atoms with Gasteiger partial charge < -0.3 is 15.4 Å². The van der Waals surface area contributed by atoms with Crippen molar-refractivity contribution in [1.29, 1.82) is 0 Å². The molecule has 1 aliphatic heterocycles. The predicted octanol–water partition coefficient (Wildman–Crippen LogP) is 3.10. The lowest BCUT2D eigenvalue weighted by Crippen LogP contribution is -2.42. The Hall–Kier alpha value is -2.41. The van der Waals surface area contributed by atoms with Gasteiger partial charge in [-0.05, 0) is 42.8 Å². The summed E-state index contributed by atoms with van der Waals surface area (Å²) in [5.74, 6) is -0.276. The summed E-state index contributed by atoms with van der Waals surface area (Å²) in [6.07, 6.45) is -0.0834. The van der Waals surface area contributed by atoms with Crippen LogP contribution in [0.4, 0.5) is 5.69 Å². The Morgan fingerprint density at radius 1 is 1.21 bits per heavy atom. The Balaban J connectivity index is 1.56. The van der Waals surface area contributed by atoms with Crippen LogP contribution in [0.15, 0.2) is 48.5 Å². The number of carbonyl (C=O) groups is 2. The molecule has 1 fully saturated rings. The zero-order valence-electron chi connectivity index (χ0n) is 15.8. The zero-order chi connectivity index (χ0) is 19.9. The van der Waals surface area contributed by atoms with Gasteiger partial charge in [-0.25, -0.2) is 0 Å². The third kappa shape index (κ3) is 5.55. The molecule has 2 N–H and O–H groups in total. The second kappa shape index (κ2) is 9.68. The fourth-order valence-electron chi connectivity index (χ4n) is 3.13. The molecule has 28 heavy (non-hydrogen) atoms. The first-order chi connectivity index (χ1) is 13.5. The van der Waals surface area contributed by atoms with Crippen molar-refractivity contribution in [1.82, 2.24) is 10.2 Å². The summed E-state index contributed by atoms with van der Waals surface area (Å²) < 4.78 is 5.84. The van der Waals surface area contributed by atoms with Gasteiger partial charge in [-0.1, -0.05) is 29.8 Å². The molecule has 0 aromatic heterocycles. The first-order valence-corrected chi connectivity index (χ1v) is 9.70. The third-order valence-corrected chi connectivity index (χ3v) is 4.76. The molecule has 148 valence electrons. The SMILES string of the molecule is CCNC(=O)c1cccc(NC(=O)CN2CCOC(c3ccc(Cl)cc3)C2)c1. The van der Waals surface area contributed by atoms with E-state index in [0.29, 0.717) is 42.5 Å². The molecule has 1 heterocycles. The maximum Gasteiger partial charge on any atom is 0.251 e. The molecule has 7 heteroatoms. The fraction of sp³-hybridized carbons (Fsp3) is 0.333. The summed E-state index contributed by atoms with van der Waals surface area (Å²) in [6.45, 7) is 4.57. The molecule has 2 aromatic carbocycles. The second-order valence-corrected chi connectivity index (χ2v) is 7.07. The zero-order valence-corrected chi connectivity index (χ0v) is 16.5. The lowest BCUT2D eigenvalue weighted by atomic mass is 10.1. The highest BCUT2D eigenvalue weighted by molar-refractivity contribution is 6.30. The number of benzene rings is 2. The van der Waals surface area contributed by atoms with Crippen LogP contribution < -0.4 is 10.6 Å². The van der Waals surface area contributed by atoms with Crippen molar-refractivity contribution >= 4 is 29.1 Å². The molecule has 2 aromatic rings. The molecule has 2 amide bonds. The van der Waals surface area contributed by atoms with E-state index in [-0.39, 0.29) is 24.5 Å². The summed E-state index contributed by atoms with van der Waals surface area (Å²) in [7, 11) is 0. The van der Waals surface area contributed by atoms with Crippen LogP contribution in [0.3, 0.4) is 0 Å². The van der Waals surface area contributed by atoms with Crippen LogP contribution in [0.1, 0.15) is 28.9 Å². The maximum absolute atomic E-state index is 12.5. The van der Waals surface area contributed by atoms with Gasteiger partial charge in [0.15, 0.2) is 0 Å². The highest BCUT2D eigenvalue weighted by atomic mass is 35.5. The number of halogens is 1. The smallest absolute Gasteiger partial charge is 0.251 e. The number of nitrogens with zero attached hydrogens (tertiary/aromatic N) is 1. The van der Waals surface area contributed by atoms with Crippen molar-refractivity contribution in [3.05, 3.63) is 64.7 Å². The standard InChI is InChI=1S/C21H24ClN3O3/c1-2-23-21(27)16-4-3-5-18(12-16)24-20(26)14-25-10-11-28-19(13-25)15-6-8-17(22)9-7-15/h3-9,12,19H,2,10-11,13-14H2,1H3,(H,23,27)(H,24,26). The van der Waals surface area contributed by atoms with Gasteiger partial charge in [0, 0.05) is 35.9 Å². The molecule has 1 unspecified atom stereocenters. The quantitative estimate of drug-likeness (QED) is 0.780. The summed E-state index contributed by atoms with van der Waals surface area (Å²) in [5.41, 5.74) is 2.18. The summed E-state index contributed by atoms with van der Waals surface area (Å²) in [4.78, 5) is 26.5. The number of amides is 2. The first-order valence-electron chi connectivity index (χ1n) is 9.32. The maximum atomic E-state index is 12.5. The predicted molar refractivity (Wildman–Crippen MR) is 110 cm³/mol. The Kier molecular flexibility index (Phi) is 7.03. The Labute approximate surface area is 169 Å². The number of rotatable bonds is 6. The van der Waals surface area contributed by atoms with E-state index in [0.717, 1.165) is 5.56 Å². The van der Waals surface area contributed by atoms with E-state index in [9.17, 15) is 9.59 Å². The molecular formula is C21H24ClN3O3. The molecule has 1 atom stereocenters. The van der Waals surface area contributed by atoms with Crippen LogP contribution in [0.5, 0.6) is 0 Å². The largest absolute Gasteiger partial charge is 0.371 e. The van der Waals surface area contributed by atoms with Gasteiger partial charge in [-0.2, -0.15) is 0 Å².